The maximum Gasteiger partial charge on any atom is 0.213 e. The van der Waals surface area contributed by atoms with Crippen LogP contribution in [0.2, 0.25) is 0 Å². The van der Waals surface area contributed by atoms with Crippen LogP contribution in [0, 0.1) is 6.92 Å². The lowest BCUT2D eigenvalue weighted by Gasteiger charge is -2.28. The maximum absolute atomic E-state index is 5.98. The lowest BCUT2D eigenvalue weighted by Crippen LogP contribution is -2.35. The number of aromatic nitrogens is 2. The molecule has 2 aromatic heterocycles. The molecule has 5 nitrogen and oxygen atoms in total. The van der Waals surface area contributed by atoms with E-state index in [0.29, 0.717) is 5.88 Å². The van der Waals surface area contributed by atoms with E-state index in [1.165, 1.54) is 4.88 Å². The van der Waals surface area contributed by atoms with Crippen molar-refractivity contribution in [2.45, 2.75) is 38.8 Å². The Hall–Kier alpha value is -1.66. The molecule has 0 aliphatic carbocycles. The monoisotopic (exact) mass is 332 g/mol. The third-order valence-corrected chi connectivity index (χ3v) is 5.23. The van der Waals surface area contributed by atoms with Crippen LogP contribution in [0.3, 0.4) is 0 Å². The van der Waals surface area contributed by atoms with E-state index in [1.807, 2.05) is 31.5 Å². The zero-order chi connectivity index (χ0) is 16.2. The van der Waals surface area contributed by atoms with E-state index < -0.39 is 0 Å². The number of hydrogen-bond acceptors (Lipinski definition) is 6. The van der Waals surface area contributed by atoms with Crippen molar-refractivity contribution in [3.05, 3.63) is 34.4 Å². The van der Waals surface area contributed by atoms with Gasteiger partial charge in [-0.2, -0.15) is 0 Å². The van der Waals surface area contributed by atoms with Gasteiger partial charge in [-0.15, -0.1) is 11.3 Å². The number of anilines is 1. The van der Waals surface area contributed by atoms with Crippen LogP contribution in [0.4, 0.5) is 5.69 Å². The first-order valence-corrected chi connectivity index (χ1v) is 8.92. The molecular weight excluding hydrogens is 308 g/mol. The molecule has 23 heavy (non-hydrogen) atoms. The summed E-state index contributed by atoms with van der Waals surface area (Å²) >= 11 is 1.72. The van der Waals surface area contributed by atoms with Crippen molar-refractivity contribution in [3.63, 3.8) is 0 Å². The highest BCUT2D eigenvalue weighted by Gasteiger charge is 2.18. The first kappa shape index (κ1) is 16.2. The fourth-order valence-electron chi connectivity index (χ4n) is 2.71. The summed E-state index contributed by atoms with van der Waals surface area (Å²) in [6.45, 7) is 6.35. The fourth-order valence-corrected chi connectivity index (χ4v) is 3.50. The quantitative estimate of drug-likeness (QED) is 0.908. The number of rotatable bonds is 5. The molecular formula is C17H24N4OS. The van der Waals surface area contributed by atoms with Crippen LogP contribution in [-0.2, 0) is 0 Å². The normalized spacial score (nSPS) is 17.9. The molecule has 3 heterocycles. The largest absolute Gasteiger partial charge is 0.474 e. The van der Waals surface area contributed by atoms with Gasteiger partial charge in [0.2, 0.25) is 5.88 Å². The first-order valence-electron chi connectivity index (χ1n) is 8.10. The third-order valence-electron chi connectivity index (χ3n) is 4.14. The average Bonchev–Trinajstić information content (AvgIpc) is 2.98. The first-order chi connectivity index (χ1) is 11.1. The Morgan fingerprint density at radius 2 is 2.04 bits per heavy atom. The lowest BCUT2D eigenvalue weighted by molar-refractivity contribution is 0.110. The molecule has 2 aromatic rings. The van der Waals surface area contributed by atoms with Crippen molar-refractivity contribution in [2.75, 3.05) is 25.5 Å². The number of likely N-dealkylation sites (tertiary alicyclic amines) is 1. The van der Waals surface area contributed by atoms with E-state index in [-0.39, 0.29) is 12.1 Å². The highest BCUT2D eigenvalue weighted by molar-refractivity contribution is 7.11. The number of ether oxygens (including phenoxy) is 1. The van der Waals surface area contributed by atoms with Crippen molar-refractivity contribution in [3.8, 4) is 5.88 Å². The van der Waals surface area contributed by atoms with Crippen LogP contribution in [0.15, 0.2) is 24.5 Å². The smallest absolute Gasteiger partial charge is 0.213 e. The standard InChI is InChI=1S/C17H24N4OS/c1-12(16-11-18-13(2)23-16)20-14-4-5-17(19-10-14)22-15-6-8-21(3)9-7-15/h4-5,10-12,15,20H,6-9H2,1-3H3. The molecule has 6 heteroatoms. The molecule has 1 N–H and O–H groups in total. The van der Waals surface area contributed by atoms with Gasteiger partial charge in [-0.1, -0.05) is 0 Å². The fraction of sp³-hybridized carbons (Fsp3) is 0.529. The van der Waals surface area contributed by atoms with E-state index in [4.69, 9.17) is 4.74 Å². The van der Waals surface area contributed by atoms with Crippen molar-refractivity contribution in [2.24, 2.45) is 0 Å². The van der Waals surface area contributed by atoms with Gasteiger partial charge in [-0.3, -0.25) is 0 Å². The van der Waals surface area contributed by atoms with Gasteiger partial charge < -0.3 is 15.0 Å². The molecule has 0 aromatic carbocycles. The minimum absolute atomic E-state index is 0.226. The summed E-state index contributed by atoms with van der Waals surface area (Å²) in [6, 6.07) is 4.20. The molecule has 1 aliphatic rings. The van der Waals surface area contributed by atoms with Gasteiger partial charge in [-0.25, -0.2) is 9.97 Å². The molecule has 1 fully saturated rings. The van der Waals surface area contributed by atoms with Gasteiger partial charge in [0.05, 0.1) is 22.9 Å². The summed E-state index contributed by atoms with van der Waals surface area (Å²) in [4.78, 5) is 12.3. The van der Waals surface area contributed by atoms with E-state index in [1.54, 1.807) is 11.3 Å². The van der Waals surface area contributed by atoms with Crippen molar-refractivity contribution >= 4 is 17.0 Å². The molecule has 124 valence electrons. The summed E-state index contributed by atoms with van der Waals surface area (Å²) in [5.41, 5.74) is 0.999. The molecule has 0 radical (unpaired) electrons. The maximum atomic E-state index is 5.98. The molecule has 1 atom stereocenters. The van der Waals surface area contributed by atoms with Gasteiger partial charge in [0.15, 0.2) is 0 Å². The topological polar surface area (TPSA) is 50.3 Å². The van der Waals surface area contributed by atoms with Crippen LogP contribution in [0.1, 0.15) is 35.7 Å². The lowest BCUT2D eigenvalue weighted by atomic mass is 10.1. The predicted molar refractivity (Wildman–Crippen MR) is 94.3 cm³/mol. The zero-order valence-corrected chi connectivity index (χ0v) is 14.8. The number of nitrogens with zero attached hydrogens (tertiary/aromatic N) is 3. The third kappa shape index (κ3) is 4.42. The summed E-state index contributed by atoms with van der Waals surface area (Å²) in [5, 5.41) is 4.55. The molecule has 1 unspecified atom stereocenters. The Bertz CT molecular complexity index is 620. The van der Waals surface area contributed by atoms with Gasteiger partial charge in [-0.05, 0) is 39.8 Å². The molecule has 3 rings (SSSR count). The van der Waals surface area contributed by atoms with Crippen LogP contribution < -0.4 is 10.1 Å². The molecule has 0 amide bonds. The summed E-state index contributed by atoms with van der Waals surface area (Å²) < 4.78 is 5.98. The van der Waals surface area contributed by atoms with Crippen LogP contribution in [-0.4, -0.2) is 41.1 Å². The Labute approximate surface area is 141 Å². The minimum Gasteiger partial charge on any atom is -0.474 e. The number of aryl methyl sites for hydroxylation is 1. The van der Waals surface area contributed by atoms with E-state index >= 15 is 0 Å². The minimum atomic E-state index is 0.226. The van der Waals surface area contributed by atoms with Crippen LogP contribution in [0.5, 0.6) is 5.88 Å². The van der Waals surface area contributed by atoms with Crippen molar-refractivity contribution in [1.29, 1.82) is 0 Å². The Morgan fingerprint density at radius 1 is 1.26 bits per heavy atom. The second-order valence-electron chi connectivity index (χ2n) is 6.15. The predicted octanol–water partition coefficient (Wildman–Crippen LogP) is 3.49. The summed E-state index contributed by atoms with van der Waals surface area (Å²) in [5.74, 6) is 0.714. The highest BCUT2D eigenvalue weighted by Crippen LogP contribution is 2.25. The molecule has 0 spiro atoms. The number of piperidine rings is 1. The Kier molecular flexibility index (Phi) is 5.13. The second-order valence-corrected chi connectivity index (χ2v) is 7.42. The summed E-state index contributed by atoms with van der Waals surface area (Å²) in [7, 11) is 2.15. The average molecular weight is 332 g/mol. The molecule has 0 bridgehead atoms. The van der Waals surface area contributed by atoms with Crippen molar-refractivity contribution < 1.29 is 4.74 Å². The van der Waals surface area contributed by atoms with Crippen LogP contribution >= 0.6 is 11.3 Å². The van der Waals surface area contributed by atoms with Gasteiger partial charge in [0.25, 0.3) is 0 Å². The van der Waals surface area contributed by atoms with E-state index in [9.17, 15) is 0 Å². The molecule has 1 saturated heterocycles. The Balaban J connectivity index is 1.54. The Morgan fingerprint density at radius 3 is 2.65 bits per heavy atom. The number of hydrogen-bond donors (Lipinski definition) is 1. The molecule has 1 aliphatic heterocycles. The second kappa shape index (κ2) is 7.27. The van der Waals surface area contributed by atoms with Gasteiger partial charge >= 0.3 is 0 Å². The summed E-state index contributed by atoms with van der Waals surface area (Å²) in [6.07, 6.45) is 6.20. The zero-order valence-electron chi connectivity index (χ0n) is 14.0. The number of thiazole rings is 1. The van der Waals surface area contributed by atoms with E-state index in [0.717, 1.165) is 36.6 Å². The molecule has 0 saturated carbocycles. The highest BCUT2D eigenvalue weighted by atomic mass is 32.1. The van der Waals surface area contributed by atoms with Gasteiger partial charge in [0, 0.05) is 30.2 Å². The van der Waals surface area contributed by atoms with Gasteiger partial charge in [0.1, 0.15) is 6.10 Å². The van der Waals surface area contributed by atoms with Crippen LogP contribution in [0.25, 0.3) is 0 Å². The number of nitrogens with one attached hydrogen (secondary N) is 1. The SMILES string of the molecule is Cc1ncc(C(C)Nc2ccc(OC3CCN(C)CC3)nc2)s1. The number of pyridine rings is 1. The van der Waals surface area contributed by atoms with E-state index in [2.05, 4.69) is 34.2 Å². The van der Waals surface area contributed by atoms with Crippen molar-refractivity contribution in [1.82, 2.24) is 14.9 Å².